The summed E-state index contributed by atoms with van der Waals surface area (Å²) in [6, 6.07) is 8.01. The van der Waals surface area contributed by atoms with Gasteiger partial charge in [0.25, 0.3) is 0 Å². The summed E-state index contributed by atoms with van der Waals surface area (Å²) in [5.74, 6) is 0. The number of aliphatic hydroxyl groups is 1. The second-order valence-corrected chi connectivity index (χ2v) is 4.92. The Morgan fingerprint density at radius 2 is 2.41 bits per heavy atom. The molecule has 0 spiro atoms. The Morgan fingerprint density at radius 3 is 3.12 bits per heavy atom. The fourth-order valence-corrected chi connectivity index (χ4v) is 2.50. The van der Waals surface area contributed by atoms with Crippen LogP contribution in [0.5, 0.6) is 0 Å². The molecule has 0 aliphatic carbocycles. The van der Waals surface area contributed by atoms with Gasteiger partial charge in [-0.3, -0.25) is 0 Å². The van der Waals surface area contributed by atoms with Crippen molar-refractivity contribution in [3.05, 3.63) is 35.4 Å². The minimum Gasteiger partial charge on any atom is -0.385 e. The predicted octanol–water partition coefficient (Wildman–Crippen LogP) is 2.55. The first-order valence-electron chi connectivity index (χ1n) is 5.70. The van der Waals surface area contributed by atoms with Crippen LogP contribution in [0.4, 0.5) is 0 Å². The van der Waals surface area contributed by atoms with Crippen molar-refractivity contribution in [3.8, 4) is 0 Å². The number of alkyl halides is 1. The monoisotopic (exact) mass is 300 g/mol. The van der Waals surface area contributed by atoms with Crippen LogP contribution in [0.1, 0.15) is 24.0 Å². The molecule has 0 bridgehead atoms. The number of hydrogen-bond acceptors (Lipinski definition) is 3. The van der Waals surface area contributed by atoms with Crippen molar-refractivity contribution in [3.63, 3.8) is 0 Å². The molecule has 1 aliphatic heterocycles. The Bertz CT molecular complexity index is 383. The van der Waals surface area contributed by atoms with Crippen molar-refractivity contribution < 1.29 is 14.6 Å². The lowest BCUT2D eigenvalue weighted by atomic mass is 9.85. The fourth-order valence-electron chi connectivity index (χ4n) is 2.15. The normalized spacial score (nSPS) is 29.2. The molecule has 1 aliphatic rings. The van der Waals surface area contributed by atoms with Crippen LogP contribution in [0.25, 0.3) is 0 Å². The average Bonchev–Trinajstić information content (AvgIpc) is 2.39. The van der Waals surface area contributed by atoms with E-state index < -0.39 is 5.60 Å². The van der Waals surface area contributed by atoms with Crippen LogP contribution < -0.4 is 0 Å². The maximum absolute atomic E-state index is 10.7. The lowest BCUT2D eigenvalue weighted by molar-refractivity contribution is -0.202. The Morgan fingerprint density at radius 1 is 1.59 bits per heavy atom. The zero-order valence-electron chi connectivity index (χ0n) is 9.86. The highest BCUT2D eigenvalue weighted by Crippen LogP contribution is 2.35. The maximum Gasteiger partial charge on any atom is 0.160 e. The van der Waals surface area contributed by atoms with Crippen LogP contribution in [0.15, 0.2) is 24.3 Å². The molecule has 4 heteroatoms. The van der Waals surface area contributed by atoms with Gasteiger partial charge in [0.15, 0.2) is 6.29 Å². The van der Waals surface area contributed by atoms with E-state index >= 15 is 0 Å². The van der Waals surface area contributed by atoms with Crippen LogP contribution in [-0.2, 0) is 20.4 Å². The first-order chi connectivity index (χ1) is 8.18. The van der Waals surface area contributed by atoms with E-state index in [1.165, 1.54) is 0 Å². The zero-order chi connectivity index (χ0) is 12.3. The third kappa shape index (κ3) is 2.88. The number of benzene rings is 1. The van der Waals surface area contributed by atoms with Crippen LogP contribution in [0.2, 0.25) is 0 Å². The summed E-state index contributed by atoms with van der Waals surface area (Å²) in [7, 11) is 1.60. The lowest BCUT2D eigenvalue weighted by Crippen LogP contribution is -2.39. The SMILES string of the molecule is CO[C@H]1C[C@](O)(c2cccc(CBr)c2)CCO1. The quantitative estimate of drug-likeness (QED) is 0.872. The van der Waals surface area contributed by atoms with E-state index in [2.05, 4.69) is 15.9 Å². The molecular formula is C13H17BrO3. The Labute approximate surface area is 110 Å². The number of hydrogen-bond donors (Lipinski definition) is 1. The molecule has 2 rings (SSSR count). The average molecular weight is 301 g/mol. The molecule has 0 radical (unpaired) electrons. The molecule has 2 atom stereocenters. The van der Waals surface area contributed by atoms with Crippen molar-refractivity contribution in [2.45, 2.75) is 30.1 Å². The van der Waals surface area contributed by atoms with Gasteiger partial charge < -0.3 is 14.6 Å². The fraction of sp³-hybridized carbons (Fsp3) is 0.538. The van der Waals surface area contributed by atoms with Crippen molar-refractivity contribution in [2.24, 2.45) is 0 Å². The highest BCUT2D eigenvalue weighted by atomic mass is 79.9. The lowest BCUT2D eigenvalue weighted by Gasteiger charge is -2.36. The highest BCUT2D eigenvalue weighted by Gasteiger charge is 2.36. The molecule has 0 saturated carbocycles. The van der Waals surface area contributed by atoms with Gasteiger partial charge in [-0.15, -0.1) is 0 Å². The van der Waals surface area contributed by atoms with E-state index in [1.54, 1.807) is 7.11 Å². The third-order valence-electron chi connectivity index (χ3n) is 3.21. The number of rotatable bonds is 3. The standard InChI is InChI=1S/C13H17BrO3/c1-16-12-8-13(15,5-6-17-12)11-4-2-3-10(7-11)9-14/h2-4,7,12,15H,5-6,8-9H2,1H3/t12-,13+/m1/s1. The van der Waals surface area contributed by atoms with Gasteiger partial charge in [-0.05, 0) is 11.1 Å². The van der Waals surface area contributed by atoms with Crippen molar-refractivity contribution in [2.75, 3.05) is 13.7 Å². The molecule has 1 fully saturated rings. The molecule has 3 nitrogen and oxygen atoms in total. The Hall–Kier alpha value is -0.420. The number of ether oxygens (including phenoxy) is 2. The van der Waals surface area contributed by atoms with E-state index in [0.29, 0.717) is 19.4 Å². The van der Waals surface area contributed by atoms with E-state index in [4.69, 9.17) is 9.47 Å². The van der Waals surface area contributed by atoms with Gasteiger partial charge in [-0.1, -0.05) is 40.2 Å². The van der Waals surface area contributed by atoms with Crippen molar-refractivity contribution >= 4 is 15.9 Å². The summed E-state index contributed by atoms with van der Waals surface area (Å²) >= 11 is 3.43. The van der Waals surface area contributed by atoms with E-state index in [0.717, 1.165) is 16.5 Å². The number of methoxy groups -OCH3 is 1. The van der Waals surface area contributed by atoms with Gasteiger partial charge in [-0.2, -0.15) is 0 Å². The van der Waals surface area contributed by atoms with Crippen LogP contribution in [-0.4, -0.2) is 25.1 Å². The summed E-state index contributed by atoms with van der Waals surface area (Å²) in [6.07, 6.45) is 0.773. The van der Waals surface area contributed by atoms with E-state index in [-0.39, 0.29) is 6.29 Å². The summed E-state index contributed by atoms with van der Waals surface area (Å²) in [4.78, 5) is 0. The summed E-state index contributed by atoms with van der Waals surface area (Å²) in [5.41, 5.74) is 1.27. The van der Waals surface area contributed by atoms with Crippen LogP contribution >= 0.6 is 15.9 Å². The van der Waals surface area contributed by atoms with Gasteiger partial charge in [0.2, 0.25) is 0 Å². The molecule has 0 unspecified atom stereocenters. The zero-order valence-corrected chi connectivity index (χ0v) is 11.4. The summed E-state index contributed by atoms with van der Waals surface area (Å²) in [5, 5.41) is 11.5. The highest BCUT2D eigenvalue weighted by molar-refractivity contribution is 9.08. The maximum atomic E-state index is 10.7. The van der Waals surface area contributed by atoms with Gasteiger partial charge in [0.05, 0.1) is 12.2 Å². The van der Waals surface area contributed by atoms with Crippen LogP contribution in [0, 0.1) is 0 Å². The molecule has 1 heterocycles. The summed E-state index contributed by atoms with van der Waals surface area (Å²) in [6.45, 7) is 0.521. The molecular weight excluding hydrogens is 284 g/mol. The minimum atomic E-state index is -0.836. The molecule has 1 saturated heterocycles. The van der Waals surface area contributed by atoms with Crippen molar-refractivity contribution in [1.82, 2.24) is 0 Å². The molecule has 0 amide bonds. The van der Waals surface area contributed by atoms with Gasteiger partial charge >= 0.3 is 0 Å². The molecule has 0 aromatic heterocycles. The van der Waals surface area contributed by atoms with Crippen molar-refractivity contribution in [1.29, 1.82) is 0 Å². The Balaban J connectivity index is 2.23. The van der Waals surface area contributed by atoms with Crippen LogP contribution in [0.3, 0.4) is 0 Å². The van der Waals surface area contributed by atoms with E-state index in [1.807, 2.05) is 24.3 Å². The molecule has 17 heavy (non-hydrogen) atoms. The second kappa shape index (κ2) is 5.48. The van der Waals surface area contributed by atoms with Gasteiger partial charge in [0.1, 0.15) is 0 Å². The predicted molar refractivity (Wildman–Crippen MR) is 69.0 cm³/mol. The summed E-state index contributed by atoms with van der Waals surface area (Å²) < 4.78 is 10.6. The molecule has 94 valence electrons. The van der Waals surface area contributed by atoms with Gasteiger partial charge in [-0.25, -0.2) is 0 Å². The topological polar surface area (TPSA) is 38.7 Å². The first-order valence-corrected chi connectivity index (χ1v) is 6.82. The first kappa shape index (κ1) is 13.0. The van der Waals surface area contributed by atoms with Gasteiger partial charge in [0, 0.05) is 25.3 Å². The molecule has 1 N–H and O–H groups in total. The smallest absolute Gasteiger partial charge is 0.160 e. The van der Waals surface area contributed by atoms with E-state index in [9.17, 15) is 5.11 Å². The number of halogens is 1. The minimum absolute atomic E-state index is 0.318. The Kier molecular flexibility index (Phi) is 4.20. The largest absolute Gasteiger partial charge is 0.385 e. The second-order valence-electron chi connectivity index (χ2n) is 4.36. The molecule has 1 aromatic rings. The molecule has 1 aromatic carbocycles. The third-order valence-corrected chi connectivity index (χ3v) is 3.85.